The summed E-state index contributed by atoms with van der Waals surface area (Å²) in [5, 5.41) is 5.48. The third-order valence-corrected chi connectivity index (χ3v) is 4.39. The predicted molar refractivity (Wildman–Crippen MR) is 111 cm³/mol. The summed E-state index contributed by atoms with van der Waals surface area (Å²) in [5.41, 5.74) is 2.15. The number of nitrogens with one attached hydrogen (secondary N) is 2. The molecule has 0 aliphatic rings. The van der Waals surface area contributed by atoms with E-state index in [2.05, 4.69) is 26.6 Å². The number of halogens is 1. The Bertz CT molecular complexity index is 796. The van der Waals surface area contributed by atoms with Gasteiger partial charge in [-0.15, -0.1) is 0 Å². The lowest BCUT2D eigenvalue weighted by Crippen LogP contribution is -2.31. The smallest absolute Gasteiger partial charge is 0.411 e. The lowest BCUT2D eigenvalue weighted by molar-refractivity contribution is 0.147. The van der Waals surface area contributed by atoms with E-state index in [9.17, 15) is 9.59 Å². The van der Waals surface area contributed by atoms with E-state index < -0.39 is 6.09 Å². The Morgan fingerprint density at radius 1 is 1.07 bits per heavy atom. The van der Waals surface area contributed by atoms with Gasteiger partial charge in [0.2, 0.25) is 0 Å². The lowest BCUT2D eigenvalue weighted by atomic mass is 10.2. The van der Waals surface area contributed by atoms with Crippen LogP contribution in [0.2, 0.25) is 0 Å². The van der Waals surface area contributed by atoms with E-state index >= 15 is 0 Å². The molecule has 2 aromatic carbocycles. The molecule has 2 N–H and O–H groups in total. The third kappa shape index (κ3) is 6.94. The van der Waals surface area contributed by atoms with Gasteiger partial charge in [-0.3, -0.25) is 5.32 Å². The summed E-state index contributed by atoms with van der Waals surface area (Å²) in [7, 11) is 1.72. The standard InChI is InChI=1S/C20H24BrN3O3/c1-14(2)13-27-20(26)23-17-9-6-8-16(11-17)22-19(25)24(3)12-15-7-4-5-10-18(15)21/h4-11,14H,12-13H2,1-3H3,(H,22,25)(H,23,26). The number of carbonyl (C=O) groups is 2. The molecule has 3 amide bonds. The van der Waals surface area contributed by atoms with Crippen LogP contribution in [0, 0.1) is 5.92 Å². The molecular formula is C20H24BrN3O3. The number of rotatable bonds is 6. The number of amides is 3. The van der Waals surface area contributed by atoms with Gasteiger partial charge < -0.3 is 15.0 Å². The van der Waals surface area contributed by atoms with Gasteiger partial charge in [0.25, 0.3) is 0 Å². The molecule has 144 valence electrons. The highest BCUT2D eigenvalue weighted by Crippen LogP contribution is 2.19. The van der Waals surface area contributed by atoms with Gasteiger partial charge in [-0.1, -0.05) is 54.0 Å². The van der Waals surface area contributed by atoms with Gasteiger partial charge in [0.05, 0.1) is 6.61 Å². The maximum Gasteiger partial charge on any atom is 0.411 e. The van der Waals surface area contributed by atoms with Crippen molar-refractivity contribution in [2.45, 2.75) is 20.4 Å². The zero-order valence-corrected chi connectivity index (χ0v) is 17.2. The molecule has 0 saturated heterocycles. The number of ether oxygens (including phenoxy) is 1. The molecule has 0 unspecified atom stereocenters. The second-order valence-corrected chi connectivity index (χ2v) is 7.43. The summed E-state index contributed by atoms with van der Waals surface area (Å²) in [5.74, 6) is 0.265. The molecule has 0 aliphatic carbocycles. The SMILES string of the molecule is CC(C)COC(=O)Nc1cccc(NC(=O)N(C)Cc2ccccc2Br)c1. The van der Waals surface area contributed by atoms with E-state index in [-0.39, 0.29) is 11.9 Å². The number of hydrogen-bond acceptors (Lipinski definition) is 3. The summed E-state index contributed by atoms with van der Waals surface area (Å²) < 4.78 is 6.05. The Balaban J connectivity index is 1.93. The quantitative estimate of drug-likeness (QED) is 0.647. The summed E-state index contributed by atoms with van der Waals surface area (Å²) in [6.07, 6.45) is -0.516. The van der Waals surface area contributed by atoms with E-state index in [0.717, 1.165) is 10.0 Å². The van der Waals surface area contributed by atoms with Crippen LogP contribution in [-0.2, 0) is 11.3 Å². The van der Waals surface area contributed by atoms with E-state index in [1.165, 1.54) is 0 Å². The van der Waals surface area contributed by atoms with Crippen LogP contribution in [0.5, 0.6) is 0 Å². The van der Waals surface area contributed by atoms with E-state index in [4.69, 9.17) is 4.74 Å². The molecule has 0 spiro atoms. The zero-order chi connectivity index (χ0) is 19.8. The van der Waals surface area contributed by atoms with Crippen LogP contribution in [0.15, 0.2) is 53.0 Å². The molecule has 0 radical (unpaired) electrons. The van der Waals surface area contributed by atoms with E-state index in [1.807, 2.05) is 38.1 Å². The first-order chi connectivity index (χ1) is 12.8. The average Bonchev–Trinajstić information content (AvgIpc) is 2.62. The highest BCUT2D eigenvalue weighted by molar-refractivity contribution is 9.10. The van der Waals surface area contributed by atoms with Crippen LogP contribution in [0.25, 0.3) is 0 Å². The molecule has 0 fully saturated rings. The monoisotopic (exact) mass is 433 g/mol. The molecule has 0 atom stereocenters. The predicted octanol–water partition coefficient (Wildman–Crippen LogP) is 5.32. The van der Waals surface area contributed by atoms with Crippen molar-refractivity contribution in [1.82, 2.24) is 4.90 Å². The van der Waals surface area contributed by atoms with E-state index in [0.29, 0.717) is 24.5 Å². The van der Waals surface area contributed by atoms with Crippen molar-refractivity contribution >= 4 is 39.4 Å². The lowest BCUT2D eigenvalue weighted by Gasteiger charge is -2.19. The molecule has 0 aliphatic heterocycles. The minimum atomic E-state index is -0.516. The van der Waals surface area contributed by atoms with Crippen LogP contribution in [-0.4, -0.2) is 30.7 Å². The fraction of sp³-hybridized carbons (Fsp3) is 0.300. The molecule has 6 nitrogen and oxygen atoms in total. The second-order valence-electron chi connectivity index (χ2n) is 6.58. The highest BCUT2D eigenvalue weighted by Gasteiger charge is 2.12. The number of benzene rings is 2. The number of nitrogens with zero attached hydrogens (tertiary/aromatic N) is 1. The normalized spacial score (nSPS) is 10.4. The van der Waals surface area contributed by atoms with Crippen molar-refractivity contribution in [1.29, 1.82) is 0 Å². The molecule has 0 heterocycles. The molecule has 2 rings (SSSR count). The summed E-state index contributed by atoms with van der Waals surface area (Å²) in [4.78, 5) is 25.8. The summed E-state index contributed by atoms with van der Waals surface area (Å²) in [6.45, 7) is 4.75. The number of carbonyl (C=O) groups excluding carboxylic acids is 2. The van der Waals surface area contributed by atoms with Gasteiger partial charge in [-0.25, -0.2) is 9.59 Å². The maximum atomic E-state index is 12.4. The Morgan fingerprint density at radius 2 is 1.74 bits per heavy atom. The fourth-order valence-electron chi connectivity index (χ4n) is 2.24. The van der Waals surface area contributed by atoms with Gasteiger partial charge in [-0.2, -0.15) is 0 Å². The van der Waals surface area contributed by atoms with Gasteiger partial charge in [0.15, 0.2) is 0 Å². The zero-order valence-electron chi connectivity index (χ0n) is 15.7. The minimum absolute atomic E-state index is 0.245. The Labute approximate surface area is 168 Å². The van der Waals surface area contributed by atoms with Crippen LogP contribution < -0.4 is 10.6 Å². The number of urea groups is 1. The van der Waals surface area contributed by atoms with E-state index in [1.54, 1.807) is 36.2 Å². The van der Waals surface area contributed by atoms with Gasteiger partial charge in [0.1, 0.15) is 0 Å². The van der Waals surface area contributed by atoms with Crippen LogP contribution in [0.3, 0.4) is 0 Å². The van der Waals surface area contributed by atoms with Gasteiger partial charge in [-0.05, 0) is 35.7 Å². The van der Waals surface area contributed by atoms with Crippen molar-refractivity contribution in [3.05, 3.63) is 58.6 Å². The van der Waals surface area contributed by atoms with Crippen LogP contribution in [0.4, 0.5) is 21.0 Å². The summed E-state index contributed by atoms with van der Waals surface area (Å²) >= 11 is 3.48. The largest absolute Gasteiger partial charge is 0.449 e. The fourth-order valence-corrected chi connectivity index (χ4v) is 2.65. The van der Waals surface area contributed by atoms with Crippen molar-refractivity contribution in [3.8, 4) is 0 Å². The van der Waals surface area contributed by atoms with Crippen molar-refractivity contribution < 1.29 is 14.3 Å². The molecule has 7 heteroatoms. The highest BCUT2D eigenvalue weighted by atomic mass is 79.9. The topological polar surface area (TPSA) is 70.7 Å². The molecule has 2 aromatic rings. The molecule has 27 heavy (non-hydrogen) atoms. The van der Waals surface area contributed by atoms with Crippen molar-refractivity contribution in [3.63, 3.8) is 0 Å². The first-order valence-corrected chi connectivity index (χ1v) is 9.44. The van der Waals surface area contributed by atoms with Gasteiger partial charge in [0, 0.05) is 29.4 Å². The van der Waals surface area contributed by atoms with Crippen LogP contribution >= 0.6 is 15.9 Å². The number of anilines is 2. The van der Waals surface area contributed by atoms with Gasteiger partial charge >= 0.3 is 12.1 Å². The number of hydrogen-bond donors (Lipinski definition) is 2. The maximum absolute atomic E-state index is 12.4. The Kier molecular flexibility index (Phi) is 7.67. The molecular weight excluding hydrogens is 410 g/mol. The van der Waals surface area contributed by atoms with Crippen LogP contribution in [0.1, 0.15) is 19.4 Å². The Morgan fingerprint density at radius 3 is 2.41 bits per heavy atom. The summed E-state index contributed by atoms with van der Waals surface area (Å²) in [6, 6.07) is 14.4. The average molecular weight is 434 g/mol. The minimum Gasteiger partial charge on any atom is -0.449 e. The first-order valence-electron chi connectivity index (χ1n) is 8.64. The molecule has 0 bridgehead atoms. The van der Waals surface area contributed by atoms with Crippen molar-refractivity contribution in [2.75, 3.05) is 24.3 Å². The second kappa shape index (κ2) is 9.97. The van der Waals surface area contributed by atoms with Crippen molar-refractivity contribution in [2.24, 2.45) is 5.92 Å². The molecule has 0 saturated carbocycles. The Hall–Kier alpha value is -2.54. The third-order valence-electron chi connectivity index (χ3n) is 3.62. The molecule has 0 aromatic heterocycles. The first kappa shape index (κ1) is 20.8.